The Hall–Kier alpha value is -3.13. The molecule has 1 heterocycles. The van der Waals surface area contributed by atoms with E-state index >= 15 is 0 Å². The van der Waals surface area contributed by atoms with Gasteiger partial charge in [0.15, 0.2) is 0 Å². The van der Waals surface area contributed by atoms with Gasteiger partial charge >= 0.3 is 0 Å². The Morgan fingerprint density at radius 2 is 1.77 bits per heavy atom. The molecule has 8 heteroatoms. The van der Waals surface area contributed by atoms with E-state index in [1.165, 1.54) is 15.3 Å². The highest BCUT2D eigenvalue weighted by atomic mass is 32.2. The van der Waals surface area contributed by atoms with Crippen LogP contribution in [0.15, 0.2) is 54.6 Å². The molecule has 1 saturated heterocycles. The van der Waals surface area contributed by atoms with Crippen LogP contribution in [0.4, 0.5) is 11.4 Å². The number of carbonyl (C=O) groups excluding carboxylic acids is 2. The third-order valence-corrected chi connectivity index (χ3v) is 6.66. The van der Waals surface area contributed by atoms with E-state index in [2.05, 4.69) is 5.32 Å². The number of nitrogens with one attached hydrogen (secondary N) is 1. The van der Waals surface area contributed by atoms with Crippen molar-refractivity contribution in [2.45, 2.75) is 13.3 Å². The first-order valence-corrected chi connectivity index (χ1v) is 11.3. The van der Waals surface area contributed by atoms with Gasteiger partial charge in [-0.2, -0.15) is 0 Å². The molecule has 0 spiro atoms. The lowest BCUT2D eigenvalue weighted by molar-refractivity contribution is -0.129. The number of rotatable bonds is 6. The first-order chi connectivity index (χ1) is 14.2. The second-order valence-corrected chi connectivity index (χ2v) is 9.29. The molecule has 0 atom stereocenters. The van der Waals surface area contributed by atoms with Gasteiger partial charge in [0.25, 0.3) is 0 Å². The number of anilines is 2. The molecule has 2 aromatic rings. The van der Waals surface area contributed by atoms with Gasteiger partial charge < -0.3 is 10.2 Å². The minimum absolute atomic E-state index is 0.0667. The molecule has 2 amide bonds. The maximum Gasteiger partial charge on any atom is 0.246 e. The van der Waals surface area contributed by atoms with Gasteiger partial charge in [0.1, 0.15) is 0 Å². The number of likely N-dealkylation sites (N-methyl/N-ethyl adjacent to an activating group) is 1. The molecule has 158 valence electrons. The number of hydrogen-bond donors (Lipinski definition) is 1. The standard InChI is InChI=1S/C22H25N3O4S/c1-17-4-9-19(10-5-17)23-21(26)16-24(2)22(27)13-8-18-6-11-20(12-7-18)25-14-3-15-30(25,28)29/h4-13H,3,14-16H2,1-2H3,(H,23,26)/b13-8+. The van der Waals surface area contributed by atoms with Crippen molar-refractivity contribution in [3.05, 3.63) is 65.7 Å². The van der Waals surface area contributed by atoms with Crippen LogP contribution in [0, 0.1) is 6.92 Å². The lowest BCUT2D eigenvalue weighted by atomic mass is 10.2. The molecular formula is C22H25N3O4S. The molecule has 0 bridgehead atoms. The van der Waals surface area contributed by atoms with Gasteiger partial charge in [0, 0.05) is 25.4 Å². The molecule has 1 aliphatic heterocycles. The molecule has 0 aliphatic carbocycles. The van der Waals surface area contributed by atoms with Crippen LogP contribution < -0.4 is 9.62 Å². The van der Waals surface area contributed by atoms with Crippen LogP contribution >= 0.6 is 0 Å². The Labute approximate surface area is 177 Å². The van der Waals surface area contributed by atoms with E-state index in [9.17, 15) is 18.0 Å². The lowest BCUT2D eigenvalue weighted by Crippen LogP contribution is -2.33. The second kappa shape index (κ2) is 9.13. The summed E-state index contributed by atoms with van der Waals surface area (Å²) in [6, 6.07) is 14.4. The minimum atomic E-state index is -3.21. The van der Waals surface area contributed by atoms with Gasteiger partial charge in [0.2, 0.25) is 21.8 Å². The van der Waals surface area contributed by atoms with Crippen molar-refractivity contribution in [1.29, 1.82) is 0 Å². The molecule has 3 rings (SSSR count). The molecule has 0 aromatic heterocycles. The molecule has 7 nitrogen and oxygen atoms in total. The fraction of sp³-hybridized carbons (Fsp3) is 0.273. The van der Waals surface area contributed by atoms with Crippen molar-refractivity contribution in [3.8, 4) is 0 Å². The predicted octanol–water partition coefficient (Wildman–Crippen LogP) is 2.65. The third-order valence-electron chi connectivity index (χ3n) is 4.79. The van der Waals surface area contributed by atoms with Crippen molar-refractivity contribution in [2.24, 2.45) is 0 Å². The third kappa shape index (κ3) is 5.48. The van der Waals surface area contributed by atoms with Crippen LogP contribution in [-0.4, -0.2) is 51.0 Å². The van der Waals surface area contributed by atoms with E-state index in [-0.39, 0.29) is 24.1 Å². The van der Waals surface area contributed by atoms with Crippen LogP contribution in [0.1, 0.15) is 17.5 Å². The molecule has 1 fully saturated rings. The summed E-state index contributed by atoms with van der Waals surface area (Å²) in [5, 5.41) is 2.76. The predicted molar refractivity (Wildman–Crippen MR) is 119 cm³/mol. The smallest absolute Gasteiger partial charge is 0.246 e. The minimum Gasteiger partial charge on any atom is -0.333 e. The average molecular weight is 428 g/mol. The molecule has 0 saturated carbocycles. The zero-order chi connectivity index (χ0) is 21.7. The highest BCUT2D eigenvalue weighted by molar-refractivity contribution is 7.93. The van der Waals surface area contributed by atoms with E-state index in [0.29, 0.717) is 24.3 Å². The fourth-order valence-electron chi connectivity index (χ4n) is 3.11. The Bertz CT molecular complexity index is 1040. The number of sulfonamides is 1. The summed E-state index contributed by atoms with van der Waals surface area (Å²) in [4.78, 5) is 25.7. The van der Waals surface area contributed by atoms with Crippen molar-refractivity contribution >= 4 is 39.3 Å². The van der Waals surface area contributed by atoms with Crippen molar-refractivity contribution in [1.82, 2.24) is 4.90 Å². The van der Waals surface area contributed by atoms with E-state index < -0.39 is 10.0 Å². The Morgan fingerprint density at radius 1 is 1.10 bits per heavy atom. The molecule has 0 radical (unpaired) electrons. The maximum atomic E-state index is 12.3. The van der Waals surface area contributed by atoms with E-state index in [1.54, 1.807) is 37.4 Å². The average Bonchev–Trinajstić information content (AvgIpc) is 3.07. The van der Waals surface area contributed by atoms with E-state index in [4.69, 9.17) is 0 Å². The van der Waals surface area contributed by atoms with Gasteiger partial charge in [-0.1, -0.05) is 29.8 Å². The number of aryl methyl sites for hydroxylation is 1. The molecular weight excluding hydrogens is 402 g/mol. The Morgan fingerprint density at radius 3 is 2.37 bits per heavy atom. The topological polar surface area (TPSA) is 86.8 Å². The maximum absolute atomic E-state index is 12.3. The normalized spacial score (nSPS) is 15.3. The van der Waals surface area contributed by atoms with Crippen LogP contribution in [0.3, 0.4) is 0 Å². The van der Waals surface area contributed by atoms with Gasteiger partial charge in [-0.15, -0.1) is 0 Å². The number of benzene rings is 2. The fourth-order valence-corrected chi connectivity index (χ4v) is 4.67. The molecule has 30 heavy (non-hydrogen) atoms. The number of nitrogens with zero attached hydrogens (tertiary/aromatic N) is 2. The second-order valence-electron chi connectivity index (χ2n) is 7.28. The number of carbonyl (C=O) groups is 2. The zero-order valence-electron chi connectivity index (χ0n) is 17.0. The summed E-state index contributed by atoms with van der Waals surface area (Å²) in [6.45, 7) is 2.39. The van der Waals surface area contributed by atoms with Crippen LogP contribution in [-0.2, 0) is 19.6 Å². The summed E-state index contributed by atoms with van der Waals surface area (Å²) in [7, 11) is -1.65. The zero-order valence-corrected chi connectivity index (χ0v) is 17.9. The summed E-state index contributed by atoms with van der Waals surface area (Å²) in [5.41, 5.74) is 3.17. The van der Waals surface area contributed by atoms with Crippen LogP contribution in [0.2, 0.25) is 0 Å². The quantitative estimate of drug-likeness (QED) is 0.718. The first kappa shape index (κ1) is 21.6. The highest BCUT2D eigenvalue weighted by Crippen LogP contribution is 2.24. The SMILES string of the molecule is Cc1ccc(NC(=O)CN(C)C(=O)/C=C/c2ccc(N3CCCS3(=O)=O)cc2)cc1. The van der Waals surface area contributed by atoms with Gasteiger partial charge in [-0.25, -0.2) is 8.42 Å². The van der Waals surface area contributed by atoms with Crippen molar-refractivity contribution in [3.63, 3.8) is 0 Å². The molecule has 2 aromatic carbocycles. The van der Waals surface area contributed by atoms with Gasteiger partial charge in [0.05, 0.1) is 18.0 Å². The lowest BCUT2D eigenvalue weighted by Gasteiger charge is -2.17. The molecule has 1 N–H and O–H groups in total. The summed E-state index contributed by atoms with van der Waals surface area (Å²) in [5.74, 6) is -0.410. The largest absolute Gasteiger partial charge is 0.333 e. The van der Waals surface area contributed by atoms with E-state index in [1.807, 2.05) is 31.2 Å². The number of hydrogen-bond acceptors (Lipinski definition) is 4. The van der Waals surface area contributed by atoms with E-state index in [0.717, 1.165) is 11.1 Å². The first-order valence-electron chi connectivity index (χ1n) is 9.65. The van der Waals surface area contributed by atoms with Crippen molar-refractivity contribution in [2.75, 3.05) is 35.5 Å². The summed E-state index contributed by atoms with van der Waals surface area (Å²) < 4.78 is 25.4. The van der Waals surface area contributed by atoms with Crippen LogP contribution in [0.5, 0.6) is 0 Å². The molecule has 1 aliphatic rings. The Kier molecular flexibility index (Phi) is 6.56. The summed E-state index contributed by atoms with van der Waals surface area (Å²) >= 11 is 0. The highest BCUT2D eigenvalue weighted by Gasteiger charge is 2.28. The number of amides is 2. The van der Waals surface area contributed by atoms with Gasteiger partial charge in [-0.3, -0.25) is 13.9 Å². The molecule has 0 unspecified atom stereocenters. The van der Waals surface area contributed by atoms with Gasteiger partial charge in [-0.05, 0) is 49.2 Å². The Balaban J connectivity index is 1.54. The van der Waals surface area contributed by atoms with Crippen LogP contribution in [0.25, 0.3) is 6.08 Å². The summed E-state index contributed by atoms with van der Waals surface area (Å²) in [6.07, 6.45) is 3.65. The van der Waals surface area contributed by atoms with Crippen molar-refractivity contribution < 1.29 is 18.0 Å². The monoisotopic (exact) mass is 427 g/mol.